The molecule has 1 atom stereocenters. The first-order valence-corrected chi connectivity index (χ1v) is 15.3. The van der Waals surface area contributed by atoms with Crippen molar-refractivity contribution in [2.24, 2.45) is 0 Å². The minimum absolute atomic E-state index is 0.0114. The summed E-state index contributed by atoms with van der Waals surface area (Å²) in [7, 11) is 1.76. The van der Waals surface area contributed by atoms with E-state index >= 15 is 0 Å². The molecule has 44 heavy (non-hydrogen) atoms. The molecule has 4 heteroatoms. The molecule has 0 saturated heterocycles. The predicted octanol–water partition coefficient (Wildman–Crippen LogP) is 9.90. The summed E-state index contributed by atoms with van der Waals surface area (Å²) < 4.78 is 25.4. The molecule has 0 N–H and O–H groups in total. The Hall–Kier alpha value is -4.70. The quantitative estimate of drug-likeness (QED) is 0.138. The monoisotopic (exact) mass is 586 g/mol. The minimum atomic E-state index is 0.0114. The highest BCUT2D eigenvalue weighted by Crippen LogP contribution is 2.47. The molecule has 0 fully saturated rings. The number of benzene rings is 5. The van der Waals surface area contributed by atoms with Gasteiger partial charge in [0.25, 0.3) is 0 Å². The maximum absolute atomic E-state index is 6.57. The van der Waals surface area contributed by atoms with E-state index in [1.165, 1.54) is 0 Å². The van der Waals surface area contributed by atoms with Gasteiger partial charge in [-0.15, -0.1) is 0 Å². The molecule has 0 radical (unpaired) electrons. The molecule has 0 aliphatic carbocycles. The molecule has 5 aromatic rings. The fraction of sp³-hybridized carbons (Fsp3) is 0.250. The lowest BCUT2D eigenvalue weighted by Crippen LogP contribution is -2.12. The molecule has 0 saturated carbocycles. The van der Waals surface area contributed by atoms with Gasteiger partial charge in [0.1, 0.15) is 42.8 Å². The van der Waals surface area contributed by atoms with Gasteiger partial charge in [-0.05, 0) is 66.6 Å². The van der Waals surface area contributed by atoms with E-state index in [0.717, 1.165) is 73.9 Å². The second kappa shape index (κ2) is 14.7. The lowest BCUT2D eigenvalue weighted by molar-refractivity contribution is 0.286. The molecule has 0 amide bonds. The van der Waals surface area contributed by atoms with Gasteiger partial charge >= 0.3 is 0 Å². The maximum Gasteiger partial charge on any atom is 0.127 e. The zero-order valence-corrected chi connectivity index (χ0v) is 26.4. The van der Waals surface area contributed by atoms with E-state index in [2.05, 4.69) is 70.2 Å². The van der Waals surface area contributed by atoms with Crippen LogP contribution in [0.15, 0.2) is 109 Å². The summed E-state index contributed by atoms with van der Waals surface area (Å²) in [5.41, 5.74) is 8.86. The van der Waals surface area contributed by atoms with Crippen LogP contribution in [0, 0.1) is 20.8 Å². The van der Waals surface area contributed by atoms with Crippen LogP contribution in [0.4, 0.5) is 0 Å². The van der Waals surface area contributed by atoms with Gasteiger partial charge in [-0.25, -0.2) is 0 Å². The number of hydrogen-bond acceptors (Lipinski definition) is 4. The van der Waals surface area contributed by atoms with Gasteiger partial charge in [-0.3, -0.25) is 0 Å². The van der Waals surface area contributed by atoms with Crippen molar-refractivity contribution in [2.45, 2.75) is 59.9 Å². The van der Waals surface area contributed by atoms with E-state index < -0.39 is 0 Å². The maximum atomic E-state index is 6.57. The second-order valence-corrected chi connectivity index (χ2v) is 11.1. The topological polar surface area (TPSA) is 36.9 Å². The molecule has 4 nitrogen and oxygen atoms in total. The highest BCUT2D eigenvalue weighted by Gasteiger charge is 2.28. The van der Waals surface area contributed by atoms with Crippen LogP contribution in [0.5, 0.6) is 23.0 Å². The number of hydrogen-bond donors (Lipinski definition) is 0. The van der Waals surface area contributed by atoms with Crippen LogP contribution >= 0.6 is 0 Å². The molecular weight excluding hydrogens is 544 g/mol. The SMILES string of the molecule is CCC(c1ccc(OCc2ccccc2)cc1OCc1ccccc1)c1c(C)c(OCc2ccccc2)c(C)c(C)c1OC. The van der Waals surface area contributed by atoms with Crippen molar-refractivity contribution in [3.8, 4) is 23.0 Å². The van der Waals surface area contributed by atoms with Crippen LogP contribution in [0.25, 0.3) is 0 Å². The average molecular weight is 587 g/mol. The molecule has 5 aromatic carbocycles. The molecule has 0 aliphatic rings. The van der Waals surface area contributed by atoms with E-state index in [4.69, 9.17) is 18.9 Å². The standard InChI is InChI=1S/C40H42O4/c1-6-35(38-30(4)39(28(2)29(3)40(38)41-5)44-27-33-20-14-9-15-21-33)36-23-22-34(42-25-31-16-10-7-11-17-31)24-37(36)43-26-32-18-12-8-13-19-32/h7-24,35H,6,25-27H2,1-5H3. The summed E-state index contributed by atoms with van der Waals surface area (Å²) in [5.74, 6) is 3.40. The lowest BCUT2D eigenvalue weighted by atomic mass is 9.82. The predicted molar refractivity (Wildman–Crippen MR) is 178 cm³/mol. The fourth-order valence-corrected chi connectivity index (χ4v) is 5.82. The van der Waals surface area contributed by atoms with E-state index in [1.54, 1.807) is 7.11 Å². The zero-order valence-electron chi connectivity index (χ0n) is 26.4. The van der Waals surface area contributed by atoms with Gasteiger partial charge < -0.3 is 18.9 Å². The largest absolute Gasteiger partial charge is 0.496 e. The number of rotatable bonds is 13. The molecule has 1 unspecified atom stereocenters. The highest BCUT2D eigenvalue weighted by molar-refractivity contribution is 5.62. The Bertz CT molecular complexity index is 1650. The molecule has 0 aliphatic heterocycles. The molecule has 0 heterocycles. The van der Waals surface area contributed by atoms with E-state index in [0.29, 0.717) is 19.8 Å². The van der Waals surface area contributed by atoms with Crippen molar-refractivity contribution in [1.82, 2.24) is 0 Å². The first-order valence-electron chi connectivity index (χ1n) is 15.3. The van der Waals surface area contributed by atoms with Crippen molar-refractivity contribution in [1.29, 1.82) is 0 Å². The average Bonchev–Trinajstić information content (AvgIpc) is 3.07. The van der Waals surface area contributed by atoms with Crippen LogP contribution in [-0.4, -0.2) is 7.11 Å². The Morgan fingerprint density at radius 3 is 1.57 bits per heavy atom. The van der Waals surface area contributed by atoms with Gasteiger partial charge in [0, 0.05) is 23.1 Å². The number of methoxy groups -OCH3 is 1. The van der Waals surface area contributed by atoms with Gasteiger partial charge in [-0.2, -0.15) is 0 Å². The third kappa shape index (κ3) is 7.08. The Morgan fingerprint density at radius 2 is 1.05 bits per heavy atom. The highest BCUT2D eigenvalue weighted by atomic mass is 16.5. The Labute approximate surface area is 262 Å². The number of ether oxygens (including phenoxy) is 4. The van der Waals surface area contributed by atoms with Crippen LogP contribution in [0.3, 0.4) is 0 Å². The second-order valence-electron chi connectivity index (χ2n) is 11.1. The molecular formula is C40H42O4. The molecule has 226 valence electrons. The van der Waals surface area contributed by atoms with Crippen LogP contribution < -0.4 is 18.9 Å². The first-order chi connectivity index (χ1) is 21.5. The van der Waals surface area contributed by atoms with Crippen LogP contribution in [0.1, 0.15) is 63.8 Å². The fourth-order valence-electron chi connectivity index (χ4n) is 5.82. The Balaban J connectivity index is 1.54. The van der Waals surface area contributed by atoms with Crippen molar-refractivity contribution in [3.05, 3.63) is 154 Å². The van der Waals surface area contributed by atoms with Gasteiger partial charge in [0.2, 0.25) is 0 Å². The minimum Gasteiger partial charge on any atom is -0.496 e. The van der Waals surface area contributed by atoms with Gasteiger partial charge in [0.15, 0.2) is 0 Å². The molecule has 5 rings (SSSR count). The van der Waals surface area contributed by atoms with Gasteiger partial charge in [0.05, 0.1) is 7.11 Å². The van der Waals surface area contributed by atoms with Gasteiger partial charge in [-0.1, -0.05) is 104 Å². The van der Waals surface area contributed by atoms with E-state index in [-0.39, 0.29) is 5.92 Å². The first kappa shape index (κ1) is 30.7. The Kier molecular flexibility index (Phi) is 10.2. The summed E-state index contributed by atoms with van der Waals surface area (Å²) in [6, 6.07) is 37.0. The third-order valence-electron chi connectivity index (χ3n) is 8.27. The smallest absolute Gasteiger partial charge is 0.127 e. The van der Waals surface area contributed by atoms with E-state index in [9.17, 15) is 0 Å². The summed E-state index contributed by atoms with van der Waals surface area (Å²) in [6.45, 7) is 10.0. The molecule has 0 spiro atoms. The van der Waals surface area contributed by atoms with Crippen molar-refractivity contribution in [3.63, 3.8) is 0 Å². The normalized spacial score (nSPS) is 11.6. The van der Waals surface area contributed by atoms with Crippen molar-refractivity contribution < 1.29 is 18.9 Å². The van der Waals surface area contributed by atoms with Crippen LogP contribution in [0.2, 0.25) is 0 Å². The van der Waals surface area contributed by atoms with Crippen molar-refractivity contribution in [2.75, 3.05) is 7.11 Å². The Morgan fingerprint density at radius 1 is 0.545 bits per heavy atom. The van der Waals surface area contributed by atoms with Crippen molar-refractivity contribution >= 4 is 0 Å². The molecule has 0 aromatic heterocycles. The summed E-state index contributed by atoms with van der Waals surface area (Å²) in [6.07, 6.45) is 0.851. The summed E-state index contributed by atoms with van der Waals surface area (Å²) >= 11 is 0. The summed E-state index contributed by atoms with van der Waals surface area (Å²) in [4.78, 5) is 0. The summed E-state index contributed by atoms with van der Waals surface area (Å²) in [5, 5.41) is 0. The van der Waals surface area contributed by atoms with E-state index in [1.807, 2.05) is 66.7 Å². The lowest BCUT2D eigenvalue weighted by Gasteiger charge is -2.28. The third-order valence-corrected chi connectivity index (χ3v) is 8.27. The molecule has 0 bridgehead atoms. The zero-order chi connectivity index (χ0) is 30.9. The van der Waals surface area contributed by atoms with Crippen LogP contribution in [-0.2, 0) is 19.8 Å².